The van der Waals surface area contributed by atoms with Gasteiger partial charge >= 0.3 is 0 Å². The number of hydrogen-bond acceptors (Lipinski definition) is 9. The largest absolute Gasteiger partial charge is 0.493 e. The predicted molar refractivity (Wildman–Crippen MR) is 558 cm³/mol. The lowest BCUT2D eigenvalue weighted by Crippen LogP contribution is -2.14. The zero-order valence-corrected chi connectivity index (χ0v) is 75.1. The number of benzene rings is 17. The van der Waals surface area contributed by atoms with Crippen LogP contribution in [0.2, 0.25) is 0 Å². The Morgan fingerprint density at radius 3 is 0.913 bits per heavy atom. The molecule has 10 heterocycles. The molecule has 17 aromatic carbocycles. The summed E-state index contributed by atoms with van der Waals surface area (Å²) in [5.74, 6) is 4.92. The number of aromatic nitrogens is 9. The standard InChI is InChI=1S/C122H81N11O5/c1-74-75(2)119(131-106-49-23-11-37-91(106)92-38-12-24-50-107(92)131)121(120(117(74)78-64-76(72-123)63-77(65-78)73-124)132-108-51-25-13-39-93(108)94-40-14-26-52-109(94)132)133-110-57-54-79(134-59-27-61-136-81-53-56-95-113(68-81)138-122-112(127-98-41-15-3-29-83(98)84-30-4-16-42-99(84)127)71-116(126-118(95)122)130-104-47-21-9-35-89(104)90-36-10-22-48-105(90)130)66-96(110)97-67-80(55-58-111(97)133)135-60-28-62-137-82-69-114(128-100-43-17-5-31-85(100)86-32-6-18-44-101(86)128)125-115(70-82)129-102-45-19-7-33-87(102)88-34-8-20-46-103(88)129/h3-26,29-58,63-71H,27-28,59-62H2,1-2H3. The molecule has 27 aromatic rings. The molecule has 0 fully saturated rings. The van der Waals surface area contributed by atoms with Crippen LogP contribution in [0.4, 0.5) is 0 Å². The summed E-state index contributed by atoms with van der Waals surface area (Å²) >= 11 is 0. The monoisotopic (exact) mass is 1780 g/mol. The number of nitriles is 2. The summed E-state index contributed by atoms with van der Waals surface area (Å²) in [6.07, 6.45) is 1.09. The van der Waals surface area contributed by atoms with E-state index < -0.39 is 0 Å². The normalized spacial score (nSPS) is 12.0. The fourth-order valence-electron chi connectivity index (χ4n) is 22.0. The van der Waals surface area contributed by atoms with Crippen LogP contribution in [0.25, 0.3) is 226 Å². The SMILES string of the molecule is Cc1c(C)c(-n2c3ccccc3c3ccccc32)c(-n2c3ccc(OCCCOc4cc(-n5c6ccccc6c6ccccc65)nc(-n5c6ccccc6c6ccccc65)c4)cc3c3cc(OCCCOc4ccc5c(c4)oc4c(-n6c7ccccc7c7ccccc76)cc(-n6c7ccccc7c7ccccc76)nc45)ccc32)c(-n2c3ccccc3c3ccccc32)c1-c1cc(C#N)cc(C#N)c1. The Hall–Kier alpha value is -18.4. The summed E-state index contributed by atoms with van der Waals surface area (Å²) in [5.41, 5.74) is 24.2. The molecule has 138 heavy (non-hydrogen) atoms. The van der Waals surface area contributed by atoms with Crippen LogP contribution in [0.5, 0.6) is 23.0 Å². The van der Waals surface area contributed by atoms with Crippen molar-refractivity contribution < 1.29 is 23.4 Å². The maximum Gasteiger partial charge on any atom is 0.178 e. The average Bonchev–Trinajstić information content (AvgIpc) is 1.49. The van der Waals surface area contributed by atoms with Crippen molar-refractivity contribution in [1.82, 2.24) is 41.9 Å². The van der Waals surface area contributed by atoms with Gasteiger partial charge in [0.25, 0.3) is 0 Å². The van der Waals surface area contributed by atoms with Crippen LogP contribution in [0.1, 0.15) is 35.1 Å². The highest BCUT2D eigenvalue weighted by Gasteiger charge is 2.33. The average molecular weight is 1780 g/mol. The Kier molecular flexibility index (Phi) is 18.2. The Morgan fingerprint density at radius 1 is 0.254 bits per heavy atom. The molecule has 0 bridgehead atoms. The van der Waals surface area contributed by atoms with Crippen molar-refractivity contribution in [2.45, 2.75) is 26.7 Å². The molecule has 27 rings (SSSR count). The molecular formula is C122H81N11O5. The van der Waals surface area contributed by atoms with Crippen molar-refractivity contribution in [3.05, 3.63) is 404 Å². The lowest BCUT2D eigenvalue weighted by molar-refractivity contribution is 0.247. The molecule has 0 radical (unpaired) electrons. The first kappa shape index (κ1) is 79.4. The van der Waals surface area contributed by atoms with Gasteiger partial charge < -0.3 is 41.6 Å². The van der Waals surface area contributed by atoms with Crippen LogP contribution in [0.15, 0.2) is 387 Å². The molecule has 0 amide bonds. The van der Waals surface area contributed by atoms with Gasteiger partial charge in [0.05, 0.1) is 150 Å². The molecule has 16 nitrogen and oxygen atoms in total. The summed E-state index contributed by atoms with van der Waals surface area (Å²) in [4.78, 5) is 11.1. The molecule has 0 atom stereocenters. The Labute approximate surface area is 789 Å². The number of ether oxygens (including phenoxy) is 4. The highest BCUT2D eigenvalue weighted by Crippen LogP contribution is 2.52. The van der Waals surface area contributed by atoms with Gasteiger partial charge in [0.15, 0.2) is 5.58 Å². The molecule has 654 valence electrons. The van der Waals surface area contributed by atoms with Crippen LogP contribution >= 0.6 is 0 Å². The summed E-state index contributed by atoms with van der Waals surface area (Å²) in [5, 5.41) is 38.1. The molecule has 0 unspecified atom stereocenters. The minimum atomic E-state index is 0.327. The third-order valence-corrected chi connectivity index (χ3v) is 28.0. The van der Waals surface area contributed by atoms with E-state index >= 15 is 0 Å². The van der Waals surface area contributed by atoms with Crippen LogP contribution in [0, 0.1) is 36.5 Å². The molecule has 10 aromatic heterocycles. The van der Waals surface area contributed by atoms with E-state index in [4.69, 9.17) is 33.3 Å². The first-order valence-corrected chi connectivity index (χ1v) is 46.8. The van der Waals surface area contributed by atoms with E-state index in [2.05, 4.69) is 410 Å². The predicted octanol–water partition coefficient (Wildman–Crippen LogP) is 29.8. The zero-order chi connectivity index (χ0) is 91.5. The number of nitrogens with zero attached hydrogens (tertiary/aromatic N) is 11. The number of para-hydroxylation sites is 12. The van der Waals surface area contributed by atoms with Gasteiger partial charge in [-0.05, 0) is 170 Å². The van der Waals surface area contributed by atoms with E-state index in [1.165, 1.54) is 0 Å². The lowest BCUT2D eigenvalue weighted by Gasteiger charge is -2.28. The summed E-state index contributed by atoms with van der Waals surface area (Å²) < 4.78 is 51.3. The molecule has 0 N–H and O–H groups in total. The maximum atomic E-state index is 11.0. The minimum absolute atomic E-state index is 0.327. The second-order valence-electron chi connectivity index (χ2n) is 35.7. The van der Waals surface area contributed by atoms with Crippen LogP contribution in [-0.4, -0.2) is 68.4 Å². The molecule has 0 aliphatic heterocycles. The van der Waals surface area contributed by atoms with Crippen molar-refractivity contribution in [2.75, 3.05) is 26.4 Å². The maximum absolute atomic E-state index is 11.0. The number of pyridine rings is 2. The lowest BCUT2D eigenvalue weighted by atomic mass is 9.89. The smallest absolute Gasteiger partial charge is 0.178 e. The van der Waals surface area contributed by atoms with Crippen molar-refractivity contribution in [2.24, 2.45) is 0 Å². The van der Waals surface area contributed by atoms with Gasteiger partial charge in [0.2, 0.25) is 0 Å². The second-order valence-corrected chi connectivity index (χ2v) is 35.7. The number of fused-ring (bicyclic) bond motifs is 24. The highest BCUT2D eigenvalue weighted by molar-refractivity contribution is 6.19. The molecule has 0 saturated carbocycles. The van der Waals surface area contributed by atoms with Gasteiger partial charge in [-0.25, -0.2) is 9.97 Å². The number of hydrogen-bond donors (Lipinski definition) is 0. The molecule has 0 saturated heterocycles. The van der Waals surface area contributed by atoms with E-state index in [9.17, 15) is 10.5 Å². The van der Waals surface area contributed by atoms with Crippen molar-refractivity contribution in [3.8, 4) is 86.5 Å². The zero-order valence-electron chi connectivity index (χ0n) is 75.1. The van der Waals surface area contributed by atoms with E-state index in [0.29, 0.717) is 84.6 Å². The van der Waals surface area contributed by atoms with Crippen molar-refractivity contribution in [3.63, 3.8) is 0 Å². The summed E-state index contributed by atoms with van der Waals surface area (Å²) in [6, 6.07) is 139. The third-order valence-electron chi connectivity index (χ3n) is 28.0. The molecular weight excluding hydrogens is 1700 g/mol. The topological polar surface area (TPSA) is 158 Å². The van der Waals surface area contributed by atoms with Gasteiger partial charge in [-0.15, -0.1) is 0 Å². The van der Waals surface area contributed by atoms with Gasteiger partial charge in [0, 0.05) is 123 Å². The van der Waals surface area contributed by atoms with Crippen LogP contribution in [0.3, 0.4) is 0 Å². The fourth-order valence-corrected chi connectivity index (χ4v) is 22.0. The van der Waals surface area contributed by atoms with Crippen LogP contribution in [-0.2, 0) is 0 Å². The number of furan rings is 1. The van der Waals surface area contributed by atoms with Gasteiger partial charge in [-0.2, -0.15) is 10.5 Å². The van der Waals surface area contributed by atoms with E-state index in [1.54, 1.807) is 6.07 Å². The Morgan fingerprint density at radius 2 is 0.551 bits per heavy atom. The van der Waals surface area contributed by atoms with E-state index in [-0.39, 0.29) is 0 Å². The van der Waals surface area contributed by atoms with Crippen molar-refractivity contribution >= 4 is 175 Å². The van der Waals surface area contributed by atoms with E-state index in [0.717, 1.165) is 226 Å². The molecule has 0 aliphatic carbocycles. The molecule has 16 heteroatoms. The molecule has 0 aliphatic rings. The van der Waals surface area contributed by atoms with Crippen molar-refractivity contribution in [1.29, 1.82) is 10.5 Å². The Bertz CT molecular complexity index is 9440. The van der Waals surface area contributed by atoms with Crippen LogP contribution < -0.4 is 18.9 Å². The number of rotatable bonds is 20. The first-order valence-electron chi connectivity index (χ1n) is 46.8. The highest BCUT2D eigenvalue weighted by atomic mass is 16.5. The first-order chi connectivity index (χ1) is 68.2. The van der Waals surface area contributed by atoms with E-state index in [1.807, 2.05) is 24.3 Å². The summed E-state index contributed by atoms with van der Waals surface area (Å²) in [6.45, 7) is 5.75. The third kappa shape index (κ3) is 12.3. The quantitative estimate of drug-likeness (QED) is 0.0677. The van der Waals surface area contributed by atoms with Gasteiger partial charge in [0.1, 0.15) is 51.6 Å². The summed E-state index contributed by atoms with van der Waals surface area (Å²) in [7, 11) is 0. The fraction of sp³-hybridized carbons (Fsp3) is 0.0656. The van der Waals surface area contributed by atoms with Gasteiger partial charge in [-0.3, -0.25) is 13.7 Å². The second kappa shape index (κ2) is 31.7. The Balaban J connectivity index is 0.580. The molecule has 0 spiro atoms. The van der Waals surface area contributed by atoms with Gasteiger partial charge in [-0.1, -0.05) is 218 Å². The minimum Gasteiger partial charge on any atom is -0.493 e.